The van der Waals surface area contributed by atoms with E-state index >= 15 is 0 Å². The molecule has 0 heterocycles. The Kier molecular flexibility index (Phi) is 6.48. The highest BCUT2D eigenvalue weighted by Gasteiger charge is 2.16. The van der Waals surface area contributed by atoms with E-state index in [2.05, 4.69) is 21.2 Å². The third-order valence-electron chi connectivity index (χ3n) is 2.53. The summed E-state index contributed by atoms with van der Waals surface area (Å²) in [4.78, 5) is 22.6. The molecule has 0 aromatic heterocycles. The summed E-state index contributed by atoms with van der Waals surface area (Å²) in [6.45, 7) is 4.38. The van der Waals surface area contributed by atoms with Crippen LogP contribution < -0.4 is 14.8 Å². The third kappa shape index (κ3) is 5.26. The molecule has 0 saturated heterocycles. The highest BCUT2D eigenvalue weighted by molar-refractivity contribution is 9.10. The van der Waals surface area contributed by atoms with Crippen molar-refractivity contribution >= 4 is 27.8 Å². The monoisotopic (exact) mass is 359 g/mol. The summed E-state index contributed by atoms with van der Waals surface area (Å²) in [5, 5.41) is 11.7. The summed E-state index contributed by atoms with van der Waals surface area (Å²) in [6, 6.07) is 2.74. The van der Waals surface area contributed by atoms with E-state index in [1.807, 2.05) is 13.8 Å². The van der Waals surface area contributed by atoms with Gasteiger partial charge in [0.25, 0.3) is 5.91 Å². The average Bonchev–Trinajstić information content (AvgIpc) is 2.42. The summed E-state index contributed by atoms with van der Waals surface area (Å²) in [5.74, 6) is -0.430. The largest absolute Gasteiger partial charge is 0.493 e. The van der Waals surface area contributed by atoms with Crippen LogP contribution in [-0.2, 0) is 4.79 Å². The molecular formula is C14H18BrNO5. The summed E-state index contributed by atoms with van der Waals surface area (Å²) < 4.78 is 10.9. The van der Waals surface area contributed by atoms with Gasteiger partial charge in [-0.2, -0.15) is 0 Å². The second kappa shape index (κ2) is 7.87. The Labute approximate surface area is 131 Å². The van der Waals surface area contributed by atoms with E-state index in [0.717, 1.165) is 0 Å². The van der Waals surface area contributed by atoms with Crippen LogP contribution in [0.25, 0.3) is 0 Å². The van der Waals surface area contributed by atoms with Crippen LogP contribution in [0.2, 0.25) is 0 Å². The van der Waals surface area contributed by atoms with E-state index in [-0.39, 0.29) is 23.8 Å². The topological polar surface area (TPSA) is 84.9 Å². The minimum atomic E-state index is -1.07. The lowest BCUT2D eigenvalue weighted by molar-refractivity contribution is -0.123. The molecule has 0 bridgehead atoms. The predicted octanol–water partition coefficient (Wildman–Crippen LogP) is 2.31. The number of hydrogen-bond donors (Lipinski definition) is 2. The Morgan fingerprint density at radius 1 is 1.38 bits per heavy atom. The molecule has 0 aliphatic rings. The van der Waals surface area contributed by atoms with E-state index in [1.165, 1.54) is 19.2 Å². The first-order valence-electron chi connectivity index (χ1n) is 6.35. The fourth-order valence-electron chi connectivity index (χ4n) is 1.49. The number of carbonyl (C=O) groups is 2. The maximum atomic E-state index is 11.6. The summed E-state index contributed by atoms with van der Waals surface area (Å²) in [7, 11) is 1.40. The quantitative estimate of drug-likeness (QED) is 0.780. The number of nitrogens with one attached hydrogen (secondary N) is 1. The van der Waals surface area contributed by atoms with Gasteiger partial charge in [0.2, 0.25) is 0 Å². The van der Waals surface area contributed by atoms with Gasteiger partial charge in [0.1, 0.15) is 0 Å². The fourth-order valence-corrected chi connectivity index (χ4v) is 2.05. The minimum absolute atomic E-state index is 0.0651. The number of ether oxygens (including phenoxy) is 2. The molecule has 7 heteroatoms. The molecule has 21 heavy (non-hydrogen) atoms. The Morgan fingerprint density at radius 3 is 2.57 bits per heavy atom. The van der Waals surface area contributed by atoms with Gasteiger partial charge in [-0.15, -0.1) is 0 Å². The molecule has 116 valence electrons. The molecule has 2 N–H and O–H groups in total. The zero-order chi connectivity index (χ0) is 16.0. The lowest BCUT2D eigenvalue weighted by Gasteiger charge is -2.14. The number of methoxy groups -OCH3 is 1. The van der Waals surface area contributed by atoms with Crippen molar-refractivity contribution in [2.24, 2.45) is 5.92 Å². The summed E-state index contributed by atoms with van der Waals surface area (Å²) in [6.07, 6.45) is 0. The van der Waals surface area contributed by atoms with Gasteiger partial charge in [-0.05, 0) is 34.0 Å². The zero-order valence-corrected chi connectivity index (χ0v) is 13.7. The van der Waals surface area contributed by atoms with Gasteiger partial charge in [0, 0.05) is 6.54 Å². The first-order chi connectivity index (χ1) is 9.85. The van der Waals surface area contributed by atoms with Gasteiger partial charge in [0.05, 0.1) is 17.1 Å². The van der Waals surface area contributed by atoms with Crippen molar-refractivity contribution in [3.63, 3.8) is 0 Å². The van der Waals surface area contributed by atoms with Crippen molar-refractivity contribution < 1.29 is 24.2 Å². The number of aromatic carboxylic acids is 1. The van der Waals surface area contributed by atoms with Crippen LogP contribution >= 0.6 is 15.9 Å². The first kappa shape index (κ1) is 17.3. The number of amides is 1. The fraction of sp³-hybridized carbons (Fsp3) is 0.429. The van der Waals surface area contributed by atoms with E-state index in [0.29, 0.717) is 22.7 Å². The average molecular weight is 360 g/mol. The van der Waals surface area contributed by atoms with Crippen LogP contribution in [0.4, 0.5) is 0 Å². The maximum absolute atomic E-state index is 11.6. The van der Waals surface area contributed by atoms with Gasteiger partial charge in [-0.3, -0.25) is 4.79 Å². The van der Waals surface area contributed by atoms with Crippen LogP contribution in [0, 0.1) is 5.92 Å². The normalized spacial score (nSPS) is 10.3. The number of carboxylic acid groups (broad SMARTS) is 1. The van der Waals surface area contributed by atoms with Crippen LogP contribution in [0.15, 0.2) is 16.6 Å². The molecule has 1 amide bonds. The smallest absolute Gasteiger partial charge is 0.335 e. The van der Waals surface area contributed by atoms with Gasteiger partial charge < -0.3 is 19.9 Å². The third-order valence-corrected chi connectivity index (χ3v) is 3.12. The zero-order valence-electron chi connectivity index (χ0n) is 12.1. The number of benzene rings is 1. The molecular weight excluding hydrogens is 342 g/mol. The van der Waals surface area contributed by atoms with Crippen molar-refractivity contribution in [1.29, 1.82) is 0 Å². The second-order valence-corrected chi connectivity index (χ2v) is 5.64. The molecule has 1 aromatic rings. The lowest BCUT2D eigenvalue weighted by atomic mass is 10.2. The molecule has 1 rings (SSSR count). The standard InChI is InChI=1S/C14H18BrNO5/c1-8(2)6-16-12(17)7-21-13-10(15)4-9(14(18)19)5-11(13)20-3/h4-5,8H,6-7H2,1-3H3,(H,16,17)(H,18,19). The van der Waals surface area contributed by atoms with Crippen molar-refractivity contribution in [2.75, 3.05) is 20.3 Å². The van der Waals surface area contributed by atoms with Crippen LogP contribution in [0.1, 0.15) is 24.2 Å². The molecule has 0 saturated carbocycles. The molecule has 0 unspecified atom stereocenters. The number of halogens is 1. The van der Waals surface area contributed by atoms with E-state index in [9.17, 15) is 9.59 Å². The van der Waals surface area contributed by atoms with E-state index in [4.69, 9.17) is 14.6 Å². The number of carbonyl (C=O) groups excluding carboxylic acids is 1. The summed E-state index contributed by atoms with van der Waals surface area (Å²) >= 11 is 3.22. The SMILES string of the molecule is COc1cc(C(=O)O)cc(Br)c1OCC(=O)NCC(C)C. The highest BCUT2D eigenvalue weighted by atomic mass is 79.9. The minimum Gasteiger partial charge on any atom is -0.493 e. The Hall–Kier alpha value is -1.76. The second-order valence-electron chi connectivity index (χ2n) is 4.78. The van der Waals surface area contributed by atoms with Crippen LogP contribution in [0.5, 0.6) is 11.5 Å². The van der Waals surface area contributed by atoms with Crippen molar-refractivity contribution in [3.05, 3.63) is 22.2 Å². The molecule has 0 aliphatic heterocycles. The molecule has 1 aromatic carbocycles. The van der Waals surface area contributed by atoms with Gasteiger partial charge in [-0.25, -0.2) is 4.79 Å². The highest BCUT2D eigenvalue weighted by Crippen LogP contribution is 2.36. The molecule has 0 spiro atoms. The molecule has 6 nitrogen and oxygen atoms in total. The Balaban J connectivity index is 2.79. The van der Waals surface area contributed by atoms with Gasteiger partial charge >= 0.3 is 5.97 Å². The lowest BCUT2D eigenvalue weighted by Crippen LogP contribution is -2.31. The Morgan fingerprint density at radius 2 is 2.05 bits per heavy atom. The number of rotatable bonds is 7. The molecule has 0 radical (unpaired) electrons. The van der Waals surface area contributed by atoms with Crippen molar-refractivity contribution in [2.45, 2.75) is 13.8 Å². The Bertz CT molecular complexity index is 530. The maximum Gasteiger partial charge on any atom is 0.335 e. The van der Waals surface area contributed by atoms with E-state index < -0.39 is 5.97 Å². The van der Waals surface area contributed by atoms with Crippen molar-refractivity contribution in [1.82, 2.24) is 5.32 Å². The number of carboxylic acids is 1. The molecule has 0 fully saturated rings. The summed E-state index contributed by atoms with van der Waals surface area (Å²) in [5.41, 5.74) is 0.0651. The van der Waals surface area contributed by atoms with Crippen molar-refractivity contribution in [3.8, 4) is 11.5 Å². The van der Waals surface area contributed by atoms with Gasteiger partial charge in [0.15, 0.2) is 18.1 Å². The van der Waals surface area contributed by atoms with E-state index in [1.54, 1.807) is 0 Å². The van der Waals surface area contributed by atoms with Crippen LogP contribution in [-0.4, -0.2) is 37.2 Å². The van der Waals surface area contributed by atoms with Gasteiger partial charge in [-0.1, -0.05) is 13.8 Å². The van der Waals surface area contributed by atoms with Crippen LogP contribution in [0.3, 0.4) is 0 Å². The molecule has 0 atom stereocenters. The predicted molar refractivity (Wildman–Crippen MR) is 81.0 cm³/mol. The first-order valence-corrected chi connectivity index (χ1v) is 7.14. The molecule has 0 aliphatic carbocycles. The number of hydrogen-bond acceptors (Lipinski definition) is 4.